The van der Waals surface area contributed by atoms with Gasteiger partial charge in [-0.2, -0.15) is 0 Å². The minimum atomic E-state index is -0.264. The monoisotopic (exact) mass is 499 g/mol. The molecular formula is C27H29N7O3. The Morgan fingerprint density at radius 3 is 2.78 bits per heavy atom. The Labute approximate surface area is 214 Å². The maximum atomic E-state index is 12.7. The second-order valence-corrected chi connectivity index (χ2v) is 8.91. The third-order valence-electron chi connectivity index (χ3n) is 6.65. The molecule has 37 heavy (non-hydrogen) atoms. The Kier molecular flexibility index (Phi) is 7.09. The zero-order valence-corrected chi connectivity index (χ0v) is 20.8. The number of nitrogens with one attached hydrogen (secondary N) is 3. The summed E-state index contributed by atoms with van der Waals surface area (Å²) in [7, 11) is 1.52. The number of pyridine rings is 2. The smallest absolute Gasteiger partial charge is 0.259 e. The topological polar surface area (TPSA) is 125 Å². The predicted octanol–water partition coefficient (Wildman–Crippen LogP) is 3.35. The molecule has 0 bridgehead atoms. The minimum absolute atomic E-state index is 0.104. The van der Waals surface area contributed by atoms with Crippen LogP contribution in [0.3, 0.4) is 0 Å². The fourth-order valence-electron chi connectivity index (χ4n) is 4.70. The van der Waals surface area contributed by atoms with E-state index in [9.17, 15) is 9.59 Å². The van der Waals surface area contributed by atoms with Crippen LogP contribution in [-0.2, 0) is 0 Å². The highest BCUT2D eigenvalue weighted by Crippen LogP contribution is 2.27. The number of aromatic nitrogens is 4. The summed E-state index contributed by atoms with van der Waals surface area (Å²) in [6, 6.07) is 11.1. The van der Waals surface area contributed by atoms with Gasteiger partial charge < -0.3 is 20.4 Å². The normalized spacial score (nSPS) is 15.6. The zero-order chi connectivity index (χ0) is 25.8. The first-order valence-corrected chi connectivity index (χ1v) is 12.3. The molecule has 4 heterocycles. The van der Waals surface area contributed by atoms with Crippen molar-refractivity contribution >= 4 is 28.2 Å². The summed E-state index contributed by atoms with van der Waals surface area (Å²) in [4.78, 5) is 43.7. The fourth-order valence-corrected chi connectivity index (χ4v) is 4.70. The molecule has 10 nitrogen and oxygen atoms in total. The lowest BCUT2D eigenvalue weighted by Crippen LogP contribution is -2.40. The third-order valence-corrected chi connectivity index (χ3v) is 6.65. The molecule has 1 amide bonds. The molecule has 1 fully saturated rings. The number of carbonyl (C=O) groups is 1. The second kappa shape index (κ2) is 10.8. The number of nitrogens with zero attached hydrogens (tertiary/aromatic N) is 4. The summed E-state index contributed by atoms with van der Waals surface area (Å²) in [5.41, 5.74) is 2.05. The largest absolute Gasteiger partial charge is 0.480 e. The van der Waals surface area contributed by atoms with Crippen molar-refractivity contribution in [3.63, 3.8) is 0 Å². The van der Waals surface area contributed by atoms with Crippen molar-refractivity contribution in [2.75, 3.05) is 32.1 Å². The molecule has 5 rings (SSSR count). The lowest BCUT2D eigenvalue weighted by Gasteiger charge is -2.22. The van der Waals surface area contributed by atoms with Gasteiger partial charge in [0.15, 0.2) is 0 Å². The number of anilines is 2. The molecule has 10 heteroatoms. The third kappa shape index (κ3) is 5.29. The number of fused-ring (bicyclic) bond motifs is 1. The number of methoxy groups -OCH3 is 1. The van der Waals surface area contributed by atoms with E-state index >= 15 is 0 Å². The van der Waals surface area contributed by atoms with E-state index in [1.165, 1.54) is 19.7 Å². The molecule has 1 aliphatic heterocycles. The molecule has 1 saturated heterocycles. The number of rotatable bonds is 8. The minimum Gasteiger partial charge on any atom is -0.480 e. The summed E-state index contributed by atoms with van der Waals surface area (Å²) in [6.45, 7) is 4.88. The van der Waals surface area contributed by atoms with Crippen molar-refractivity contribution in [3.8, 4) is 17.3 Å². The molecular weight excluding hydrogens is 470 g/mol. The number of carbonyl (C=O) groups excluding carboxylic acids is 1. The first-order chi connectivity index (χ1) is 18.1. The maximum absolute atomic E-state index is 12.7. The van der Waals surface area contributed by atoms with Crippen molar-refractivity contribution in [3.05, 3.63) is 70.9 Å². The molecule has 1 aromatic carbocycles. The number of aromatic amines is 1. The van der Waals surface area contributed by atoms with Crippen LogP contribution in [-0.4, -0.2) is 63.5 Å². The second-order valence-electron chi connectivity index (χ2n) is 8.91. The van der Waals surface area contributed by atoms with Gasteiger partial charge >= 0.3 is 0 Å². The van der Waals surface area contributed by atoms with Gasteiger partial charge in [0, 0.05) is 30.0 Å². The van der Waals surface area contributed by atoms with Crippen LogP contribution in [0, 0.1) is 0 Å². The average Bonchev–Trinajstić information content (AvgIpc) is 3.40. The highest BCUT2D eigenvalue weighted by molar-refractivity contribution is 5.96. The molecule has 0 aliphatic carbocycles. The molecule has 0 spiro atoms. The molecule has 0 radical (unpaired) electrons. The van der Waals surface area contributed by atoms with Crippen molar-refractivity contribution in [1.82, 2.24) is 30.2 Å². The van der Waals surface area contributed by atoms with E-state index in [1.807, 2.05) is 0 Å². The van der Waals surface area contributed by atoms with Crippen LogP contribution in [0.1, 0.15) is 30.1 Å². The molecule has 0 unspecified atom stereocenters. The lowest BCUT2D eigenvalue weighted by atomic mass is 10.1. The number of hydrogen-bond acceptors (Lipinski definition) is 8. The zero-order valence-electron chi connectivity index (χ0n) is 20.8. The Balaban J connectivity index is 1.38. The van der Waals surface area contributed by atoms with Crippen molar-refractivity contribution < 1.29 is 9.53 Å². The highest BCUT2D eigenvalue weighted by Gasteiger charge is 2.23. The summed E-state index contributed by atoms with van der Waals surface area (Å²) in [5, 5.41) is 7.41. The predicted molar refractivity (Wildman–Crippen MR) is 142 cm³/mol. The van der Waals surface area contributed by atoms with Gasteiger partial charge in [0.05, 0.1) is 30.6 Å². The van der Waals surface area contributed by atoms with Crippen LogP contribution in [0.15, 0.2) is 59.8 Å². The number of amides is 1. The Bertz CT molecular complexity index is 1470. The lowest BCUT2D eigenvalue weighted by molar-refractivity contribution is 0.0941. The quantitative estimate of drug-likeness (QED) is 0.337. The van der Waals surface area contributed by atoms with E-state index in [2.05, 4.69) is 42.4 Å². The summed E-state index contributed by atoms with van der Waals surface area (Å²) < 4.78 is 5.19. The van der Waals surface area contributed by atoms with E-state index in [1.54, 1.807) is 48.8 Å². The van der Waals surface area contributed by atoms with Gasteiger partial charge in [-0.1, -0.05) is 6.92 Å². The number of H-pyrrole nitrogens is 1. The van der Waals surface area contributed by atoms with Gasteiger partial charge in [-0.05, 0) is 67.7 Å². The van der Waals surface area contributed by atoms with Crippen LogP contribution in [0.25, 0.3) is 22.2 Å². The molecule has 3 aromatic heterocycles. The SMILES string of the molecule is CCN1CCC[C@@H]1CNC(=O)c1ccc(Nc2nc(-c3cncc(OC)n3)cc3cc[nH]c(=O)c23)cc1. The number of ether oxygens (including phenoxy) is 1. The Morgan fingerprint density at radius 1 is 1.16 bits per heavy atom. The maximum Gasteiger partial charge on any atom is 0.259 e. The first-order valence-electron chi connectivity index (χ1n) is 12.3. The van der Waals surface area contributed by atoms with Crippen LogP contribution in [0.2, 0.25) is 0 Å². The van der Waals surface area contributed by atoms with Crippen LogP contribution in [0.4, 0.5) is 11.5 Å². The summed E-state index contributed by atoms with van der Waals surface area (Å²) in [6.07, 6.45) is 6.98. The highest BCUT2D eigenvalue weighted by atomic mass is 16.5. The standard InChI is InChI=1S/C27H29N7O3/c1-3-34-12-4-5-20(34)14-30-26(35)17-6-8-19(9-7-17)31-25-24-18(10-11-29-27(24)36)13-21(33-25)22-15-28-16-23(32-22)37-2/h6-11,13,15-16,20H,3-5,12,14H2,1-2H3,(H,29,36)(H,30,35)(H,31,33)/t20-/m1/s1. The fraction of sp³-hybridized carbons (Fsp3) is 0.296. The van der Waals surface area contributed by atoms with Crippen molar-refractivity contribution in [1.29, 1.82) is 0 Å². The van der Waals surface area contributed by atoms with Gasteiger partial charge in [0.25, 0.3) is 11.5 Å². The molecule has 1 aliphatic rings. The molecule has 0 saturated carbocycles. The number of likely N-dealkylation sites (N-methyl/N-ethyl adjacent to an activating group) is 1. The number of hydrogen-bond donors (Lipinski definition) is 3. The summed E-state index contributed by atoms with van der Waals surface area (Å²) >= 11 is 0. The Morgan fingerprint density at radius 2 is 2.00 bits per heavy atom. The van der Waals surface area contributed by atoms with E-state index in [-0.39, 0.29) is 11.5 Å². The van der Waals surface area contributed by atoms with Gasteiger partial charge in [0.1, 0.15) is 11.5 Å². The van der Waals surface area contributed by atoms with E-state index < -0.39 is 0 Å². The molecule has 190 valence electrons. The van der Waals surface area contributed by atoms with Crippen molar-refractivity contribution in [2.24, 2.45) is 0 Å². The van der Waals surface area contributed by atoms with E-state index in [0.717, 1.165) is 19.5 Å². The van der Waals surface area contributed by atoms with Crippen LogP contribution >= 0.6 is 0 Å². The molecule has 3 N–H and O–H groups in total. The van der Waals surface area contributed by atoms with Crippen molar-refractivity contribution in [2.45, 2.75) is 25.8 Å². The van der Waals surface area contributed by atoms with Gasteiger partial charge in [-0.15, -0.1) is 0 Å². The number of benzene rings is 1. The van der Waals surface area contributed by atoms with Gasteiger partial charge in [-0.25, -0.2) is 9.97 Å². The summed E-state index contributed by atoms with van der Waals surface area (Å²) in [5.74, 6) is 0.634. The first kappa shape index (κ1) is 24.4. The van der Waals surface area contributed by atoms with E-state index in [0.29, 0.717) is 57.7 Å². The van der Waals surface area contributed by atoms with Gasteiger partial charge in [-0.3, -0.25) is 19.5 Å². The number of likely N-dealkylation sites (tertiary alicyclic amines) is 1. The molecule has 1 atom stereocenters. The average molecular weight is 500 g/mol. The van der Waals surface area contributed by atoms with Gasteiger partial charge in [0.2, 0.25) is 5.88 Å². The van der Waals surface area contributed by atoms with Crippen LogP contribution in [0.5, 0.6) is 5.88 Å². The van der Waals surface area contributed by atoms with Crippen LogP contribution < -0.4 is 20.9 Å². The Hall–Kier alpha value is -4.31. The van der Waals surface area contributed by atoms with E-state index in [4.69, 9.17) is 4.74 Å². The molecule has 4 aromatic rings.